The fourth-order valence-electron chi connectivity index (χ4n) is 4.32. The second-order valence-electron chi connectivity index (χ2n) is 7.60. The lowest BCUT2D eigenvalue weighted by atomic mass is 9.97. The van der Waals surface area contributed by atoms with Gasteiger partial charge in [-0.25, -0.2) is 9.59 Å². The molecule has 7 nitrogen and oxygen atoms in total. The van der Waals surface area contributed by atoms with Crippen LogP contribution in [0.25, 0.3) is 10.9 Å². The zero-order chi connectivity index (χ0) is 20.8. The number of carbonyl (C=O) groups excluding carboxylic acids is 3. The Hall–Kier alpha value is -3.61. The molecule has 0 radical (unpaired) electrons. The first-order chi connectivity index (χ1) is 14.5. The van der Waals surface area contributed by atoms with E-state index >= 15 is 0 Å². The third-order valence-electron chi connectivity index (χ3n) is 5.88. The number of amides is 1. The van der Waals surface area contributed by atoms with Crippen molar-refractivity contribution >= 4 is 28.7 Å². The molecule has 0 unspecified atom stereocenters. The average molecular weight is 404 g/mol. The van der Waals surface area contributed by atoms with Crippen molar-refractivity contribution in [3.05, 3.63) is 70.4 Å². The number of benzene rings is 2. The number of hydrogen-bond donors (Lipinski definition) is 1. The summed E-state index contributed by atoms with van der Waals surface area (Å²) in [6.45, 7) is 0.937. The van der Waals surface area contributed by atoms with Crippen LogP contribution in [-0.2, 0) is 33.7 Å². The predicted octanol–water partition coefficient (Wildman–Crippen LogP) is 2.62. The zero-order valence-electron chi connectivity index (χ0n) is 16.4. The Morgan fingerprint density at radius 3 is 2.87 bits per heavy atom. The molecule has 1 N–H and O–H groups in total. The molecule has 0 bridgehead atoms. The van der Waals surface area contributed by atoms with E-state index in [-0.39, 0.29) is 5.91 Å². The van der Waals surface area contributed by atoms with Crippen molar-refractivity contribution in [2.45, 2.75) is 25.5 Å². The molecule has 7 heteroatoms. The van der Waals surface area contributed by atoms with E-state index < -0.39 is 18.0 Å². The van der Waals surface area contributed by atoms with Crippen molar-refractivity contribution < 1.29 is 23.9 Å². The van der Waals surface area contributed by atoms with Crippen LogP contribution in [0, 0.1) is 0 Å². The smallest absolute Gasteiger partial charge is 0.339 e. The van der Waals surface area contributed by atoms with Crippen LogP contribution in [0.5, 0.6) is 0 Å². The third kappa shape index (κ3) is 2.94. The number of nitrogens with zero attached hydrogens (tertiary/aromatic N) is 1. The summed E-state index contributed by atoms with van der Waals surface area (Å²) >= 11 is 0. The second kappa shape index (κ2) is 7.02. The maximum Gasteiger partial charge on any atom is 0.339 e. The summed E-state index contributed by atoms with van der Waals surface area (Å²) in [5, 5.41) is 0.899. The van der Waals surface area contributed by atoms with Gasteiger partial charge in [-0.15, -0.1) is 0 Å². The fourth-order valence-corrected chi connectivity index (χ4v) is 4.32. The van der Waals surface area contributed by atoms with Crippen LogP contribution < -0.4 is 0 Å². The van der Waals surface area contributed by atoms with Crippen molar-refractivity contribution in [3.63, 3.8) is 0 Å². The number of carbonyl (C=O) groups is 3. The van der Waals surface area contributed by atoms with Gasteiger partial charge >= 0.3 is 11.9 Å². The van der Waals surface area contributed by atoms with Gasteiger partial charge in [-0.1, -0.05) is 18.2 Å². The normalized spacial score (nSPS) is 17.8. The number of esters is 2. The Morgan fingerprint density at radius 1 is 1.20 bits per heavy atom. The number of ether oxygens (including phenoxy) is 2. The third-order valence-corrected chi connectivity index (χ3v) is 5.88. The maximum absolute atomic E-state index is 13.2. The van der Waals surface area contributed by atoms with Gasteiger partial charge in [0.1, 0.15) is 0 Å². The minimum absolute atomic E-state index is 0.193. The molecule has 2 aliphatic heterocycles. The van der Waals surface area contributed by atoms with E-state index in [0.717, 1.165) is 27.7 Å². The molecule has 2 aromatic carbocycles. The molecule has 30 heavy (non-hydrogen) atoms. The summed E-state index contributed by atoms with van der Waals surface area (Å²) in [7, 11) is 1.35. The second-order valence-corrected chi connectivity index (χ2v) is 7.60. The minimum Gasteiger partial charge on any atom is -0.465 e. The lowest BCUT2D eigenvalue weighted by molar-refractivity contribution is -0.142. The molecule has 0 saturated heterocycles. The molecular formula is C23H20N2O5. The highest BCUT2D eigenvalue weighted by Crippen LogP contribution is 2.30. The van der Waals surface area contributed by atoms with E-state index in [0.29, 0.717) is 37.1 Å². The molecule has 0 aliphatic carbocycles. The number of H-pyrrole nitrogens is 1. The van der Waals surface area contributed by atoms with Gasteiger partial charge in [-0.3, -0.25) is 4.79 Å². The van der Waals surface area contributed by atoms with E-state index in [1.165, 1.54) is 7.11 Å². The van der Waals surface area contributed by atoms with Crippen molar-refractivity contribution in [2.75, 3.05) is 13.7 Å². The highest BCUT2D eigenvalue weighted by Gasteiger charge is 2.35. The van der Waals surface area contributed by atoms with Gasteiger partial charge in [-0.2, -0.15) is 0 Å². The average Bonchev–Trinajstić information content (AvgIpc) is 3.15. The number of nitrogens with one attached hydrogen (secondary N) is 1. The monoisotopic (exact) mass is 404 g/mol. The highest BCUT2D eigenvalue weighted by atomic mass is 16.5. The Labute approximate surface area is 172 Å². The molecule has 3 heterocycles. The summed E-state index contributed by atoms with van der Waals surface area (Å²) in [6, 6.07) is 12.6. The first-order valence-corrected chi connectivity index (χ1v) is 9.84. The van der Waals surface area contributed by atoms with Gasteiger partial charge in [-0.05, 0) is 29.8 Å². The lowest BCUT2D eigenvalue weighted by Gasteiger charge is -2.32. The van der Waals surface area contributed by atoms with E-state index in [2.05, 4.69) is 4.98 Å². The van der Waals surface area contributed by atoms with E-state index in [1.807, 2.05) is 18.2 Å². The van der Waals surface area contributed by atoms with Crippen LogP contribution >= 0.6 is 0 Å². The number of aromatic nitrogens is 1. The largest absolute Gasteiger partial charge is 0.465 e. The van der Waals surface area contributed by atoms with Crippen LogP contribution in [0.2, 0.25) is 0 Å². The van der Waals surface area contributed by atoms with Crippen molar-refractivity contribution in [1.82, 2.24) is 9.88 Å². The topological polar surface area (TPSA) is 88.7 Å². The number of aromatic amines is 1. The Morgan fingerprint density at radius 2 is 2.03 bits per heavy atom. The highest BCUT2D eigenvalue weighted by molar-refractivity contribution is 5.97. The fraction of sp³-hybridized carbons (Fsp3) is 0.261. The molecule has 0 saturated carbocycles. The molecular weight excluding hydrogens is 384 g/mol. The van der Waals surface area contributed by atoms with Gasteiger partial charge in [0.25, 0.3) is 5.91 Å². The molecule has 1 amide bonds. The van der Waals surface area contributed by atoms with Gasteiger partial charge in [0.05, 0.1) is 18.2 Å². The lowest BCUT2D eigenvalue weighted by Crippen LogP contribution is -2.46. The first-order valence-electron chi connectivity index (χ1n) is 9.84. The van der Waals surface area contributed by atoms with Crippen molar-refractivity contribution in [3.8, 4) is 0 Å². The minimum atomic E-state index is -0.815. The molecule has 0 spiro atoms. The number of fused-ring (bicyclic) bond motifs is 4. The van der Waals surface area contributed by atoms with E-state index in [1.54, 1.807) is 29.2 Å². The quantitative estimate of drug-likeness (QED) is 0.664. The van der Waals surface area contributed by atoms with Crippen LogP contribution in [0.3, 0.4) is 0 Å². The zero-order valence-corrected chi connectivity index (χ0v) is 16.4. The van der Waals surface area contributed by atoms with Crippen LogP contribution in [-0.4, -0.2) is 47.5 Å². The van der Waals surface area contributed by atoms with Crippen molar-refractivity contribution in [1.29, 1.82) is 0 Å². The molecule has 152 valence electrons. The molecule has 3 aromatic rings. The number of rotatable bonds is 2. The summed E-state index contributed by atoms with van der Waals surface area (Å²) in [6.07, 6.45) is 0.232. The maximum atomic E-state index is 13.2. The Balaban J connectivity index is 1.42. The van der Waals surface area contributed by atoms with E-state index in [9.17, 15) is 14.4 Å². The Kier molecular flexibility index (Phi) is 4.31. The number of hydrogen-bond acceptors (Lipinski definition) is 5. The molecule has 5 rings (SSSR count). The number of cyclic esters (lactones) is 1. The predicted molar refractivity (Wildman–Crippen MR) is 108 cm³/mol. The summed E-state index contributed by atoms with van der Waals surface area (Å²) in [5.74, 6) is -1.05. The first kappa shape index (κ1) is 18.4. The van der Waals surface area contributed by atoms with Crippen LogP contribution in [0.15, 0.2) is 42.5 Å². The summed E-state index contributed by atoms with van der Waals surface area (Å²) < 4.78 is 10.3. The molecule has 0 fully saturated rings. The summed E-state index contributed by atoms with van der Waals surface area (Å²) in [5.41, 5.74) is 4.78. The van der Waals surface area contributed by atoms with Gasteiger partial charge in [0.15, 0.2) is 6.10 Å². The Bertz CT molecular complexity index is 1200. The van der Waals surface area contributed by atoms with Gasteiger partial charge < -0.3 is 19.4 Å². The van der Waals surface area contributed by atoms with Gasteiger partial charge in [0, 0.05) is 48.1 Å². The SMILES string of the molecule is COC(=O)c1ccc2[nH]c3c(c2c1)CN(C(=O)[C@H]1Cc2ccccc2C(=O)O1)CC3. The number of methoxy groups -OCH3 is 1. The van der Waals surface area contributed by atoms with Gasteiger partial charge in [0.2, 0.25) is 0 Å². The van der Waals surface area contributed by atoms with Crippen LogP contribution in [0.4, 0.5) is 0 Å². The van der Waals surface area contributed by atoms with Crippen molar-refractivity contribution in [2.24, 2.45) is 0 Å². The molecule has 1 aromatic heterocycles. The van der Waals surface area contributed by atoms with E-state index in [4.69, 9.17) is 9.47 Å². The van der Waals surface area contributed by atoms with Crippen LogP contribution in [0.1, 0.15) is 37.5 Å². The summed E-state index contributed by atoms with van der Waals surface area (Å²) in [4.78, 5) is 42.5. The molecule has 1 atom stereocenters. The molecule has 2 aliphatic rings. The standard InChI is InChI=1S/C23H20N2O5/c1-29-22(27)14-6-7-18-16(10-14)17-12-25(9-8-19(17)24-18)21(26)20-11-13-4-2-3-5-15(13)23(28)30-20/h2-7,10,20,24H,8-9,11-12H2,1H3/t20-/m1/s1.